The molecule has 10 rings (SSSR count). The molecule has 3 aromatic carbocycles. The fraction of sp³-hybridized carbons (Fsp3) is 0.447. The summed E-state index contributed by atoms with van der Waals surface area (Å²) in [5.74, 6) is -0.509. The van der Waals surface area contributed by atoms with Crippen molar-refractivity contribution < 1.29 is 41.8 Å². The average molecular weight is 908 g/mol. The number of nitro groups is 1. The first-order chi connectivity index (χ1) is 31.4. The van der Waals surface area contributed by atoms with E-state index in [1.54, 1.807) is 30.5 Å². The van der Waals surface area contributed by atoms with E-state index in [1.807, 2.05) is 6.07 Å². The van der Waals surface area contributed by atoms with E-state index in [9.17, 15) is 23.3 Å². The van der Waals surface area contributed by atoms with Gasteiger partial charge in [0.1, 0.15) is 22.0 Å². The molecule has 0 bridgehead atoms. The minimum Gasteiger partial charge on any atom is -0.455 e. The van der Waals surface area contributed by atoms with Gasteiger partial charge in [0.05, 0.1) is 42.6 Å². The summed E-state index contributed by atoms with van der Waals surface area (Å²) in [4.78, 5) is 37.7. The molecule has 5 aliphatic rings. The van der Waals surface area contributed by atoms with Crippen molar-refractivity contribution in [2.75, 3.05) is 63.0 Å². The lowest BCUT2D eigenvalue weighted by molar-refractivity contribution is -0.384. The second-order valence-electron chi connectivity index (χ2n) is 18.1. The number of carbonyl (C=O) groups excluding carboxylic acids is 1. The van der Waals surface area contributed by atoms with Crippen molar-refractivity contribution in [3.05, 3.63) is 99.9 Å². The molecule has 4 fully saturated rings. The maximum atomic E-state index is 14.2. The Bertz CT molecular complexity index is 2720. The Morgan fingerprint density at radius 1 is 1.05 bits per heavy atom. The third kappa shape index (κ3) is 8.43. The number of rotatable bonds is 13. The molecule has 2 atom stereocenters. The van der Waals surface area contributed by atoms with Gasteiger partial charge in [0.2, 0.25) is 6.79 Å². The van der Waals surface area contributed by atoms with Crippen LogP contribution >= 0.6 is 0 Å². The Morgan fingerprint density at radius 2 is 1.86 bits per heavy atom. The van der Waals surface area contributed by atoms with E-state index in [0.29, 0.717) is 42.6 Å². The fourth-order valence-electron chi connectivity index (χ4n) is 10.4. The number of hydrogen-bond acceptors (Lipinski definition) is 14. The van der Waals surface area contributed by atoms with E-state index in [0.717, 1.165) is 49.6 Å². The van der Waals surface area contributed by atoms with E-state index in [4.69, 9.17) is 23.7 Å². The van der Waals surface area contributed by atoms with Crippen LogP contribution in [0.4, 0.5) is 17.1 Å². The van der Waals surface area contributed by atoms with Gasteiger partial charge in [-0.15, -0.1) is 0 Å². The number of sulfonamides is 1. The summed E-state index contributed by atoms with van der Waals surface area (Å²) in [7, 11) is -4.80. The minimum absolute atomic E-state index is 0.0719. The number of carbonyl (C=O) groups is 1. The Hall–Kier alpha value is -5.95. The lowest BCUT2D eigenvalue weighted by Crippen LogP contribution is -2.54. The van der Waals surface area contributed by atoms with Gasteiger partial charge in [0.15, 0.2) is 17.2 Å². The number of benzene rings is 3. The number of nitro benzene ring substituents is 1. The van der Waals surface area contributed by atoms with Crippen molar-refractivity contribution in [1.82, 2.24) is 19.6 Å². The Labute approximate surface area is 376 Å². The van der Waals surface area contributed by atoms with Crippen molar-refractivity contribution in [3.63, 3.8) is 0 Å². The molecule has 1 spiro atoms. The summed E-state index contributed by atoms with van der Waals surface area (Å²) in [6.45, 7) is 8.15. The zero-order chi connectivity index (χ0) is 44.9. The van der Waals surface area contributed by atoms with Gasteiger partial charge in [0.25, 0.3) is 21.6 Å². The first kappa shape index (κ1) is 43.0. The van der Waals surface area contributed by atoms with Crippen LogP contribution in [0.5, 0.6) is 23.0 Å². The molecule has 18 heteroatoms. The van der Waals surface area contributed by atoms with Gasteiger partial charge in [-0.3, -0.25) is 19.8 Å². The molecule has 2 aromatic heterocycles. The van der Waals surface area contributed by atoms with Crippen molar-refractivity contribution >= 4 is 44.0 Å². The summed E-state index contributed by atoms with van der Waals surface area (Å²) >= 11 is 0. The quantitative estimate of drug-likeness (QED) is 0.0769. The number of amides is 1. The van der Waals surface area contributed by atoms with Crippen LogP contribution in [-0.4, -0.2) is 99.1 Å². The van der Waals surface area contributed by atoms with E-state index in [1.165, 1.54) is 43.0 Å². The number of anilines is 2. The standard InChI is InChI=1S/C47H53N7O10S/c1-29(2)35-6-3-4-7-36(35)38-8-5-15-53(38)32-23-47(24-32)12-16-52(17-13-47)31-9-10-37(40(21-31)64-33-20-30-11-14-48-45(30)50-25-33)46(55)51-65(58,59)41-22-39(54(56)57)42(44-43(41)62-28-63-44)49-26-34-27-60-18-19-61-34/h3-4,6-7,9-11,14,20-22,25,29,32,34,38,49H,5,8,12-13,15-19,23-24,26-28H2,1-2H3,(H,48,50)(H,51,55)/t34-,38-/m0/s1. The highest BCUT2D eigenvalue weighted by atomic mass is 32.2. The highest BCUT2D eigenvalue weighted by Gasteiger charge is 2.50. The molecule has 65 heavy (non-hydrogen) atoms. The van der Waals surface area contributed by atoms with Crippen molar-refractivity contribution in [2.24, 2.45) is 5.41 Å². The first-order valence-corrected chi connectivity index (χ1v) is 23.9. The molecule has 0 radical (unpaired) electrons. The second kappa shape index (κ2) is 17.5. The predicted molar refractivity (Wildman–Crippen MR) is 242 cm³/mol. The van der Waals surface area contributed by atoms with Crippen LogP contribution in [-0.2, 0) is 19.5 Å². The monoisotopic (exact) mass is 907 g/mol. The largest absolute Gasteiger partial charge is 0.455 e. The second-order valence-corrected chi connectivity index (χ2v) is 19.7. The molecular weight excluding hydrogens is 855 g/mol. The molecular formula is C47H53N7O10S. The summed E-state index contributed by atoms with van der Waals surface area (Å²) in [6.07, 6.45) is 9.75. The van der Waals surface area contributed by atoms with Crippen LogP contribution in [0.15, 0.2) is 78.0 Å². The summed E-state index contributed by atoms with van der Waals surface area (Å²) in [5.41, 5.74) is 3.98. The first-order valence-electron chi connectivity index (χ1n) is 22.4. The molecule has 17 nitrogen and oxygen atoms in total. The molecule has 3 N–H and O–H groups in total. The number of nitrogens with one attached hydrogen (secondary N) is 3. The van der Waals surface area contributed by atoms with Crippen LogP contribution in [0.1, 0.15) is 85.8 Å². The van der Waals surface area contributed by atoms with Gasteiger partial charge < -0.3 is 38.9 Å². The van der Waals surface area contributed by atoms with E-state index >= 15 is 0 Å². The summed E-state index contributed by atoms with van der Waals surface area (Å²) < 4.78 is 58.9. The smallest absolute Gasteiger partial charge is 0.297 e. The number of hydrogen-bond donors (Lipinski definition) is 3. The zero-order valence-corrected chi connectivity index (χ0v) is 37.2. The van der Waals surface area contributed by atoms with Crippen molar-refractivity contribution in [2.45, 2.75) is 81.4 Å². The Morgan fingerprint density at radius 3 is 2.65 bits per heavy atom. The molecule has 6 heterocycles. The average Bonchev–Trinajstić information content (AvgIpc) is 4.09. The van der Waals surface area contributed by atoms with Gasteiger partial charge >= 0.3 is 0 Å². The number of ether oxygens (including phenoxy) is 5. The van der Waals surface area contributed by atoms with Gasteiger partial charge in [0, 0.05) is 61.1 Å². The topological polar surface area (TPSA) is 200 Å². The Balaban J connectivity index is 0.873. The van der Waals surface area contributed by atoms with Crippen LogP contribution in [0.25, 0.3) is 11.0 Å². The normalized spacial score (nSPS) is 20.9. The van der Waals surface area contributed by atoms with Crippen LogP contribution in [0.3, 0.4) is 0 Å². The lowest BCUT2D eigenvalue weighted by atomic mass is 9.59. The zero-order valence-electron chi connectivity index (χ0n) is 36.4. The number of H-pyrrole nitrogens is 1. The van der Waals surface area contributed by atoms with Crippen molar-refractivity contribution in [1.29, 1.82) is 0 Å². The molecule has 1 saturated carbocycles. The predicted octanol–water partition coefficient (Wildman–Crippen LogP) is 7.65. The number of nitrogens with zero attached hydrogens (tertiary/aromatic N) is 4. The number of aromatic nitrogens is 2. The highest BCUT2D eigenvalue weighted by Crippen LogP contribution is 2.55. The fourth-order valence-corrected chi connectivity index (χ4v) is 11.6. The SMILES string of the molecule is CC(C)c1ccccc1[C@@H]1CCCN1C1CC2(CCN(c3ccc(C(=O)NS(=O)(=O)c4cc([N+](=O)[O-])c(NC[C@H]5COCCO5)c5c4OCO5)c(Oc4cnc5[nH]ccc5c4)c3)CC2)C1. The molecule has 1 amide bonds. The third-order valence-electron chi connectivity index (χ3n) is 13.8. The van der Waals surface area contributed by atoms with Gasteiger partial charge in [-0.1, -0.05) is 38.1 Å². The van der Waals surface area contributed by atoms with Crippen molar-refractivity contribution in [3.8, 4) is 23.0 Å². The van der Waals surface area contributed by atoms with Gasteiger partial charge in [-0.05, 0) is 91.8 Å². The maximum Gasteiger partial charge on any atom is 0.297 e. The molecule has 1 aliphatic carbocycles. The van der Waals surface area contributed by atoms with Gasteiger partial charge in [-0.2, -0.15) is 0 Å². The van der Waals surface area contributed by atoms with E-state index in [-0.39, 0.29) is 47.1 Å². The Kier molecular flexibility index (Phi) is 11.5. The summed E-state index contributed by atoms with van der Waals surface area (Å²) in [5, 5.41) is 16.1. The number of pyridine rings is 1. The molecule has 3 saturated heterocycles. The van der Waals surface area contributed by atoms with Crippen LogP contribution in [0.2, 0.25) is 0 Å². The maximum absolute atomic E-state index is 14.2. The number of likely N-dealkylation sites (tertiary alicyclic amines) is 1. The number of fused-ring (bicyclic) bond motifs is 2. The molecule has 4 aliphatic heterocycles. The lowest BCUT2D eigenvalue weighted by Gasteiger charge is -2.56. The molecule has 342 valence electrons. The van der Waals surface area contributed by atoms with E-state index in [2.05, 4.69) is 67.9 Å². The molecule has 5 aromatic rings. The van der Waals surface area contributed by atoms with Crippen LogP contribution in [0, 0.1) is 15.5 Å². The van der Waals surface area contributed by atoms with Crippen LogP contribution < -0.4 is 29.1 Å². The molecule has 0 unspecified atom stereocenters. The summed E-state index contributed by atoms with van der Waals surface area (Å²) in [6, 6.07) is 19.6. The minimum atomic E-state index is -4.80. The highest BCUT2D eigenvalue weighted by molar-refractivity contribution is 7.90. The van der Waals surface area contributed by atoms with Gasteiger partial charge in [-0.25, -0.2) is 18.1 Å². The third-order valence-corrected chi connectivity index (χ3v) is 15.1. The number of aromatic amines is 1. The number of piperidine rings is 1. The van der Waals surface area contributed by atoms with E-state index < -0.39 is 44.3 Å².